The van der Waals surface area contributed by atoms with Crippen molar-refractivity contribution in [2.75, 3.05) is 0 Å². The highest BCUT2D eigenvalue weighted by Crippen LogP contribution is 2.43. The van der Waals surface area contributed by atoms with Gasteiger partial charge in [-0.25, -0.2) is 4.57 Å². The van der Waals surface area contributed by atoms with Gasteiger partial charge >= 0.3 is 7.99 Å². The van der Waals surface area contributed by atoms with Gasteiger partial charge in [0.15, 0.2) is 0 Å². The lowest BCUT2D eigenvalue weighted by molar-refractivity contribution is 0.376. The molecule has 3 N–H and O–H groups in total. The molecule has 0 fully saturated rings. The Morgan fingerprint density at radius 3 is 1.64 bits per heavy atom. The van der Waals surface area contributed by atoms with Gasteiger partial charge in [0.25, 0.3) is 0 Å². The number of rotatable bonds is 1. The van der Waals surface area contributed by atoms with E-state index in [0.29, 0.717) is 0 Å². The molecule has 0 unspecified atom stereocenters. The lowest BCUT2D eigenvalue weighted by atomic mass is 10.1. The van der Waals surface area contributed by atoms with Crippen LogP contribution in [0.4, 0.5) is 8.39 Å². The molecule has 0 saturated carbocycles. The second-order valence-electron chi connectivity index (χ2n) is 2.78. The van der Waals surface area contributed by atoms with E-state index < -0.39 is 7.99 Å². The number of hydrogen-bond acceptors (Lipinski definition) is 2. The van der Waals surface area contributed by atoms with Crippen molar-refractivity contribution in [3.8, 4) is 0 Å². The van der Waals surface area contributed by atoms with Gasteiger partial charge in [-0.3, -0.25) is 4.89 Å². The Bertz CT molecular complexity index is 132. The number of hydrogen-bond donors (Lipinski definition) is 2. The van der Waals surface area contributed by atoms with Gasteiger partial charge in [0, 0.05) is 5.54 Å². The van der Waals surface area contributed by atoms with Crippen molar-refractivity contribution in [2.45, 2.75) is 32.7 Å². The first-order chi connectivity index (χ1) is 4.56. The van der Waals surface area contributed by atoms with E-state index in [1.807, 2.05) is 13.8 Å². The van der Waals surface area contributed by atoms with Gasteiger partial charge in [-0.1, -0.05) is 6.92 Å². The number of nitrogens with two attached hydrogens (primary N) is 1. The van der Waals surface area contributed by atoms with Gasteiger partial charge in [0.2, 0.25) is 0 Å². The Morgan fingerprint density at radius 1 is 1.55 bits per heavy atom. The van der Waals surface area contributed by atoms with Crippen LogP contribution < -0.4 is 5.73 Å². The standard InChI is InChI=1S/C5H13N.F2HO2P/c1-4-5(2,3)6;1-5(2,3)4/h4,6H2,1-3H3;(H,3,4). The minimum absolute atomic E-state index is 0.0417. The molecule has 0 rings (SSSR count). The zero-order valence-electron chi connectivity index (χ0n) is 6.84. The Kier molecular flexibility index (Phi) is 5.93. The molecule has 0 spiro atoms. The summed E-state index contributed by atoms with van der Waals surface area (Å²) in [5.74, 6) is 0. The van der Waals surface area contributed by atoms with Crippen molar-refractivity contribution in [1.29, 1.82) is 0 Å². The summed E-state index contributed by atoms with van der Waals surface area (Å²) in [5, 5.41) is 0. The van der Waals surface area contributed by atoms with E-state index in [1.165, 1.54) is 0 Å². The van der Waals surface area contributed by atoms with Crippen LogP contribution in [0, 0.1) is 0 Å². The molecule has 0 aliphatic heterocycles. The lowest BCUT2D eigenvalue weighted by Crippen LogP contribution is -2.30. The van der Waals surface area contributed by atoms with Crippen molar-refractivity contribution in [3.05, 3.63) is 0 Å². The van der Waals surface area contributed by atoms with Crippen LogP contribution in [0.3, 0.4) is 0 Å². The summed E-state index contributed by atoms with van der Waals surface area (Å²) in [6.07, 6.45) is 1.05. The first-order valence-electron chi connectivity index (χ1n) is 3.07. The minimum atomic E-state index is -5.64. The summed E-state index contributed by atoms with van der Waals surface area (Å²) in [5.41, 5.74) is 5.58. The largest absolute Gasteiger partial charge is 0.549 e. The normalized spacial score (nSPS) is 11.9. The van der Waals surface area contributed by atoms with Gasteiger partial charge in [-0.2, -0.15) is 0 Å². The third-order valence-electron chi connectivity index (χ3n) is 0.911. The van der Waals surface area contributed by atoms with Crippen LogP contribution in [0.25, 0.3) is 0 Å². The molecule has 0 aliphatic carbocycles. The van der Waals surface area contributed by atoms with E-state index in [1.54, 1.807) is 0 Å². The van der Waals surface area contributed by atoms with Crippen LogP contribution in [0.2, 0.25) is 0 Å². The molecule has 0 amide bonds. The fourth-order valence-electron chi connectivity index (χ4n) is 0. The van der Waals surface area contributed by atoms with Crippen molar-refractivity contribution < 1.29 is 17.9 Å². The Morgan fingerprint density at radius 2 is 1.64 bits per heavy atom. The van der Waals surface area contributed by atoms with Crippen molar-refractivity contribution >= 4 is 7.99 Å². The van der Waals surface area contributed by atoms with E-state index in [9.17, 15) is 8.39 Å². The van der Waals surface area contributed by atoms with Crippen molar-refractivity contribution in [2.24, 2.45) is 5.73 Å². The smallest absolute Gasteiger partial charge is 0.326 e. The molecule has 0 aromatic rings. The Hall–Kier alpha value is 0.01000. The van der Waals surface area contributed by atoms with Crippen LogP contribution >= 0.6 is 7.99 Å². The van der Waals surface area contributed by atoms with Gasteiger partial charge in [-0.05, 0) is 20.3 Å². The lowest BCUT2D eigenvalue weighted by Gasteiger charge is -2.13. The molecule has 3 nitrogen and oxygen atoms in total. The van der Waals surface area contributed by atoms with Gasteiger partial charge < -0.3 is 5.73 Å². The highest BCUT2D eigenvalue weighted by Gasteiger charge is 2.09. The second kappa shape index (κ2) is 4.80. The Balaban J connectivity index is 0. The molecule has 0 aromatic heterocycles. The van der Waals surface area contributed by atoms with Crippen LogP contribution in [0.15, 0.2) is 0 Å². The highest BCUT2D eigenvalue weighted by molar-refractivity contribution is 7.46. The molecule has 0 bridgehead atoms. The van der Waals surface area contributed by atoms with Crippen LogP contribution in [-0.2, 0) is 4.57 Å². The molecule has 11 heavy (non-hydrogen) atoms. The fourth-order valence-corrected chi connectivity index (χ4v) is 0. The predicted octanol–water partition coefficient (Wildman–Crippen LogP) is 2.16. The predicted molar refractivity (Wildman–Crippen MR) is 40.6 cm³/mol. The summed E-state index contributed by atoms with van der Waals surface area (Å²) in [4.78, 5) is 6.74. The van der Waals surface area contributed by atoms with E-state index >= 15 is 0 Å². The summed E-state index contributed by atoms with van der Waals surface area (Å²) < 4.78 is 28.7. The molecule has 0 heterocycles. The first-order valence-corrected chi connectivity index (χ1v) is 4.51. The van der Waals surface area contributed by atoms with Crippen LogP contribution in [0.1, 0.15) is 27.2 Å². The molecular formula is C5H14F2NO2P. The summed E-state index contributed by atoms with van der Waals surface area (Å²) >= 11 is 0. The van der Waals surface area contributed by atoms with E-state index in [4.69, 9.17) is 15.2 Å². The van der Waals surface area contributed by atoms with E-state index in [-0.39, 0.29) is 5.54 Å². The third-order valence-corrected chi connectivity index (χ3v) is 0.911. The Labute approximate surface area is 65.3 Å². The van der Waals surface area contributed by atoms with Crippen molar-refractivity contribution in [1.82, 2.24) is 0 Å². The van der Waals surface area contributed by atoms with E-state index in [0.717, 1.165) is 6.42 Å². The van der Waals surface area contributed by atoms with Crippen LogP contribution in [-0.4, -0.2) is 10.4 Å². The zero-order chi connectivity index (χ0) is 9.71. The van der Waals surface area contributed by atoms with E-state index in [2.05, 4.69) is 6.92 Å². The highest BCUT2D eigenvalue weighted by atomic mass is 31.2. The van der Waals surface area contributed by atoms with Crippen LogP contribution in [0.5, 0.6) is 0 Å². The molecule has 0 aromatic carbocycles. The second-order valence-corrected chi connectivity index (χ2v) is 3.65. The maximum absolute atomic E-state index is 10.1. The average Bonchev–Trinajstić information content (AvgIpc) is 1.59. The molecule has 0 aliphatic rings. The maximum Gasteiger partial charge on any atom is 0.549 e. The first kappa shape index (κ1) is 13.6. The number of halogens is 2. The molecule has 6 heteroatoms. The molecular weight excluding hydrogens is 175 g/mol. The molecule has 70 valence electrons. The van der Waals surface area contributed by atoms with Gasteiger partial charge in [0.05, 0.1) is 0 Å². The van der Waals surface area contributed by atoms with Gasteiger partial charge in [-0.15, -0.1) is 8.39 Å². The topological polar surface area (TPSA) is 63.3 Å². The maximum atomic E-state index is 10.1. The summed E-state index contributed by atoms with van der Waals surface area (Å²) in [6.45, 7) is 6.12. The SMILES string of the molecule is CCC(C)(C)N.O=P(O)(F)F. The summed E-state index contributed by atoms with van der Waals surface area (Å²) in [6, 6.07) is 0. The fraction of sp³-hybridized carbons (Fsp3) is 1.00. The summed E-state index contributed by atoms with van der Waals surface area (Å²) in [7, 11) is -5.64. The molecule has 0 atom stereocenters. The molecule has 0 saturated heterocycles. The quantitative estimate of drug-likeness (QED) is 0.621. The monoisotopic (exact) mass is 189 g/mol. The van der Waals surface area contributed by atoms with Crippen molar-refractivity contribution in [3.63, 3.8) is 0 Å². The van der Waals surface area contributed by atoms with Gasteiger partial charge in [0.1, 0.15) is 0 Å². The zero-order valence-corrected chi connectivity index (χ0v) is 7.74. The molecule has 0 radical (unpaired) electrons. The minimum Gasteiger partial charge on any atom is -0.326 e. The average molecular weight is 189 g/mol. The third kappa shape index (κ3) is 70.9.